The molecule has 0 aromatic carbocycles. The first-order chi connectivity index (χ1) is 7.20. The lowest BCUT2D eigenvalue weighted by atomic mass is 10.1. The summed E-state index contributed by atoms with van der Waals surface area (Å²) in [6, 6.07) is 2.10. The van der Waals surface area contributed by atoms with Crippen LogP contribution in [0.25, 0.3) is 0 Å². The lowest BCUT2D eigenvalue weighted by molar-refractivity contribution is 0.303. The maximum absolute atomic E-state index is 5.81. The van der Waals surface area contributed by atoms with Crippen molar-refractivity contribution in [2.75, 3.05) is 12.4 Å². The van der Waals surface area contributed by atoms with Gasteiger partial charge in [0.2, 0.25) is 0 Å². The minimum atomic E-state index is 0.418. The van der Waals surface area contributed by atoms with Crippen molar-refractivity contribution in [2.45, 2.75) is 38.7 Å². The van der Waals surface area contributed by atoms with Crippen molar-refractivity contribution in [1.82, 2.24) is 4.98 Å². The highest BCUT2D eigenvalue weighted by Gasteiger charge is 2.25. The molecule has 1 N–H and O–H groups in total. The highest BCUT2D eigenvalue weighted by Crippen LogP contribution is 2.32. The van der Waals surface area contributed by atoms with Gasteiger partial charge in [0.1, 0.15) is 0 Å². The monoisotopic (exact) mass is 206 g/mol. The Morgan fingerprint density at radius 3 is 2.73 bits per heavy atom. The van der Waals surface area contributed by atoms with Crippen LogP contribution >= 0.6 is 0 Å². The van der Waals surface area contributed by atoms with Crippen molar-refractivity contribution in [1.29, 1.82) is 0 Å². The molecule has 1 aliphatic carbocycles. The third-order valence-corrected chi connectivity index (χ3v) is 2.60. The molecule has 0 atom stereocenters. The van der Waals surface area contributed by atoms with Gasteiger partial charge in [-0.2, -0.15) is 0 Å². The van der Waals surface area contributed by atoms with Gasteiger partial charge < -0.3 is 10.1 Å². The zero-order valence-electron chi connectivity index (χ0n) is 9.58. The Balaban J connectivity index is 2.24. The molecule has 1 fully saturated rings. The fourth-order valence-electron chi connectivity index (χ4n) is 1.42. The van der Waals surface area contributed by atoms with Crippen LogP contribution in [0.3, 0.4) is 0 Å². The summed E-state index contributed by atoms with van der Waals surface area (Å²) in [5.74, 6) is 2.22. The van der Waals surface area contributed by atoms with Gasteiger partial charge in [-0.25, -0.2) is 4.98 Å². The molecular weight excluding hydrogens is 188 g/mol. The maximum atomic E-state index is 5.81. The summed E-state index contributed by atoms with van der Waals surface area (Å²) in [4.78, 5) is 4.36. The Labute approximate surface area is 90.9 Å². The van der Waals surface area contributed by atoms with E-state index in [4.69, 9.17) is 4.74 Å². The first-order valence-corrected chi connectivity index (χ1v) is 5.55. The predicted molar refractivity (Wildman–Crippen MR) is 61.5 cm³/mol. The molecule has 15 heavy (non-hydrogen) atoms. The molecule has 82 valence electrons. The average Bonchev–Trinajstić information content (AvgIpc) is 3.01. The second kappa shape index (κ2) is 4.09. The topological polar surface area (TPSA) is 34.2 Å². The fraction of sp³-hybridized carbons (Fsp3) is 0.583. The number of hydrogen-bond donors (Lipinski definition) is 1. The SMILES string of the molecule is CNc1ncc(C(C)C)cc1OC1CC1. The van der Waals surface area contributed by atoms with Gasteiger partial charge in [0.25, 0.3) is 0 Å². The van der Waals surface area contributed by atoms with E-state index in [2.05, 4.69) is 30.2 Å². The van der Waals surface area contributed by atoms with Crippen molar-refractivity contribution in [3.63, 3.8) is 0 Å². The van der Waals surface area contributed by atoms with Crippen LogP contribution in [0.1, 0.15) is 38.2 Å². The smallest absolute Gasteiger partial charge is 0.168 e. The first-order valence-electron chi connectivity index (χ1n) is 5.55. The molecule has 0 spiro atoms. The minimum absolute atomic E-state index is 0.418. The Morgan fingerprint density at radius 1 is 1.47 bits per heavy atom. The van der Waals surface area contributed by atoms with E-state index in [0.717, 1.165) is 11.6 Å². The molecule has 1 aromatic rings. The summed E-state index contributed by atoms with van der Waals surface area (Å²) in [6.45, 7) is 4.33. The van der Waals surface area contributed by atoms with Gasteiger partial charge >= 0.3 is 0 Å². The predicted octanol–water partition coefficient (Wildman–Crippen LogP) is 2.79. The normalized spacial score (nSPS) is 15.5. The fourth-order valence-corrected chi connectivity index (χ4v) is 1.42. The van der Waals surface area contributed by atoms with Crippen LogP contribution in [0, 0.1) is 0 Å². The number of hydrogen-bond acceptors (Lipinski definition) is 3. The molecule has 0 unspecified atom stereocenters. The standard InChI is InChI=1S/C12H18N2O/c1-8(2)9-6-11(15-10-4-5-10)12(13-3)14-7-9/h6-8,10H,4-5H2,1-3H3,(H,13,14). The van der Waals surface area contributed by atoms with Crippen LogP contribution in [-0.4, -0.2) is 18.1 Å². The molecule has 0 amide bonds. The second-order valence-corrected chi connectivity index (χ2v) is 4.34. The average molecular weight is 206 g/mol. The zero-order valence-corrected chi connectivity index (χ0v) is 9.58. The highest BCUT2D eigenvalue weighted by atomic mass is 16.5. The molecule has 2 rings (SSSR count). The molecule has 3 nitrogen and oxygen atoms in total. The van der Waals surface area contributed by atoms with Gasteiger partial charge in [-0.3, -0.25) is 0 Å². The van der Waals surface area contributed by atoms with Crippen molar-refractivity contribution in [3.8, 4) is 5.75 Å². The summed E-state index contributed by atoms with van der Waals surface area (Å²) < 4.78 is 5.81. The summed E-state index contributed by atoms with van der Waals surface area (Å²) in [7, 11) is 1.87. The van der Waals surface area contributed by atoms with Crippen LogP contribution in [0.4, 0.5) is 5.82 Å². The van der Waals surface area contributed by atoms with Crippen molar-refractivity contribution >= 4 is 5.82 Å². The van der Waals surface area contributed by atoms with Crippen LogP contribution in [-0.2, 0) is 0 Å². The van der Waals surface area contributed by atoms with Crippen LogP contribution in [0.5, 0.6) is 5.75 Å². The number of pyridine rings is 1. The molecule has 3 heteroatoms. The number of anilines is 1. The summed E-state index contributed by atoms with van der Waals surface area (Å²) >= 11 is 0. The second-order valence-electron chi connectivity index (χ2n) is 4.34. The molecule has 1 aromatic heterocycles. The van der Waals surface area contributed by atoms with E-state index in [1.165, 1.54) is 18.4 Å². The quantitative estimate of drug-likeness (QED) is 0.822. The molecule has 0 aliphatic heterocycles. The molecule has 0 saturated heterocycles. The number of nitrogens with zero attached hydrogens (tertiary/aromatic N) is 1. The highest BCUT2D eigenvalue weighted by molar-refractivity contribution is 5.51. The zero-order chi connectivity index (χ0) is 10.8. The largest absolute Gasteiger partial charge is 0.487 e. The first kappa shape index (κ1) is 10.3. The van der Waals surface area contributed by atoms with Gasteiger partial charge in [-0.15, -0.1) is 0 Å². The maximum Gasteiger partial charge on any atom is 0.168 e. The van der Waals surface area contributed by atoms with Crippen LogP contribution < -0.4 is 10.1 Å². The van der Waals surface area contributed by atoms with Gasteiger partial charge in [0.05, 0.1) is 6.10 Å². The van der Waals surface area contributed by atoms with Crippen molar-refractivity contribution < 1.29 is 4.74 Å². The molecule has 0 radical (unpaired) electrons. The molecular formula is C12H18N2O. The lowest BCUT2D eigenvalue weighted by Gasteiger charge is -2.12. The van der Waals surface area contributed by atoms with E-state index in [0.29, 0.717) is 12.0 Å². The molecule has 0 bridgehead atoms. The third-order valence-electron chi connectivity index (χ3n) is 2.60. The number of ether oxygens (including phenoxy) is 1. The third kappa shape index (κ3) is 2.41. The Bertz CT molecular complexity index is 345. The van der Waals surface area contributed by atoms with E-state index in [1.54, 1.807) is 0 Å². The molecule has 1 heterocycles. The van der Waals surface area contributed by atoms with Crippen molar-refractivity contribution in [3.05, 3.63) is 17.8 Å². The Morgan fingerprint density at radius 2 is 2.20 bits per heavy atom. The number of rotatable bonds is 4. The van der Waals surface area contributed by atoms with Gasteiger partial charge in [-0.1, -0.05) is 13.8 Å². The number of aromatic nitrogens is 1. The lowest BCUT2D eigenvalue weighted by Crippen LogP contribution is -2.03. The van der Waals surface area contributed by atoms with E-state index >= 15 is 0 Å². The molecule has 1 aliphatic rings. The van der Waals surface area contributed by atoms with Gasteiger partial charge in [0, 0.05) is 13.2 Å². The Kier molecular flexibility index (Phi) is 2.80. The summed E-state index contributed by atoms with van der Waals surface area (Å²) in [5, 5.41) is 3.06. The van der Waals surface area contributed by atoms with Crippen LogP contribution in [0.15, 0.2) is 12.3 Å². The van der Waals surface area contributed by atoms with E-state index in [-0.39, 0.29) is 0 Å². The van der Waals surface area contributed by atoms with Crippen LogP contribution in [0.2, 0.25) is 0 Å². The van der Waals surface area contributed by atoms with E-state index < -0.39 is 0 Å². The minimum Gasteiger partial charge on any atom is -0.487 e. The summed E-state index contributed by atoms with van der Waals surface area (Å²) in [6.07, 6.45) is 4.68. The van der Waals surface area contributed by atoms with E-state index in [9.17, 15) is 0 Å². The molecule has 1 saturated carbocycles. The van der Waals surface area contributed by atoms with Gasteiger partial charge in [0.15, 0.2) is 11.6 Å². The Hall–Kier alpha value is -1.25. The summed E-state index contributed by atoms with van der Waals surface area (Å²) in [5.41, 5.74) is 1.23. The van der Waals surface area contributed by atoms with Gasteiger partial charge in [-0.05, 0) is 30.4 Å². The van der Waals surface area contributed by atoms with E-state index in [1.807, 2.05) is 13.2 Å². The van der Waals surface area contributed by atoms with Crippen molar-refractivity contribution in [2.24, 2.45) is 0 Å². The number of nitrogens with one attached hydrogen (secondary N) is 1.